The largest absolute Gasteiger partial charge is 0.322 e. The van der Waals surface area contributed by atoms with E-state index in [-0.39, 0.29) is 36.7 Å². The zero-order chi connectivity index (χ0) is 23.1. The van der Waals surface area contributed by atoms with Gasteiger partial charge < -0.3 is 5.32 Å². The van der Waals surface area contributed by atoms with Crippen molar-refractivity contribution in [1.82, 2.24) is 9.29 Å². The summed E-state index contributed by atoms with van der Waals surface area (Å²) < 4.78 is 28.8. The van der Waals surface area contributed by atoms with Crippen molar-refractivity contribution in [2.24, 2.45) is 0 Å². The average molecular weight is 486 g/mol. The second-order valence-electron chi connectivity index (χ2n) is 6.57. The number of carbonyl (C=O) groups excluding carboxylic acids is 1. The topological polar surface area (TPSA) is 127 Å². The molecule has 3 rings (SSSR count). The van der Waals surface area contributed by atoms with Crippen molar-refractivity contribution in [2.75, 3.05) is 24.7 Å². The van der Waals surface area contributed by atoms with E-state index in [0.29, 0.717) is 11.3 Å². The number of fused-ring (bicyclic) bond motifs is 1. The van der Waals surface area contributed by atoms with Crippen LogP contribution in [0, 0.1) is 22.7 Å². The molecule has 0 aliphatic heterocycles. The van der Waals surface area contributed by atoms with Crippen molar-refractivity contribution < 1.29 is 13.2 Å². The van der Waals surface area contributed by atoms with E-state index in [9.17, 15) is 13.2 Å². The molecule has 0 saturated carbocycles. The third-order valence-electron chi connectivity index (χ3n) is 4.50. The number of hydrogen-bond acceptors (Lipinski definition) is 8. The predicted molar refractivity (Wildman–Crippen MR) is 125 cm³/mol. The highest BCUT2D eigenvalue weighted by atomic mass is 32.2. The van der Waals surface area contributed by atoms with Crippen LogP contribution in [0.2, 0.25) is 0 Å². The van der Waals surface area contributed by atoms with E-state index in [4.69, 9.17) is 10.5 Å². The van der Waals surface area contributed by atoms with E-state index in [2.05, 4.69) is 10.3 Å². The Bertz CT molecular complexity index is 1290. The summed E-state index contributed by atoms with van der Waals surface area (Å²) in [6.45, 7) is 0.00210. The van der Waals surface area contributed by atoms with Crippen molar-refractivity contribution in [2.45, 2.75) is 22.1 Å². The lowest BCUT2D eigenvalue weighted by Gasteiger charge is -2.20. The molecule has 1 amide bonds. The van der Waals surface area contributed by atoms with Gasteiger partial charge in [0.2, 0.25) is 10.0 Å². The Morgan fingerprint density at radius 3 is 2.38 bits per heavy atom. The van der Waals surface area contributed by atoms with Crippen LogP contribution in [0.5, 0.6) is 0 Å². The highest BCUT2D eigenvalue weighted by Crippen LogP contribution is 2.30. The predicted octanol–water partition coefficient (Wildman–Crippen LogP) is 4.09. The molecule has 0 bridgehead atoms. The number of sulfonamides is 1. The number of benzene rings is 2. The fourth-order valence-corrected chi connectivity index (χ4v) is 5.87. The molecule has 11 heteroatoms. The van der Waals surface area contributed by atoms with Gasteiger partial charge in [0.15, 0.2) is 4.34 Å². The van der Waals surface area contributed by atoms with Crippen molar-refractivity contribution >= 4 is 54.9 Å². The number of thioether (sulfide) groups is 1. The van der Waals surface area contributed by atoms with Crippen LogP contribution < -0.4 is 5.32 Å². The first-order chi connectivity index (χ1) is 15.4. The van der Waals surface area contributed by atoms with E-state index >= 15 is 0 Å². The zero-order valence-corrected chi connectivity index (χ0v) is 19.6. The molecule has 8 nitrogen and oxygen atoms in total. The summed E-state index contributed by atoms with van der Waals surface area (Å²) in [4.78, 5) is 17.1. The minimum absolute atomic E-state index is 0.000559. The lowest BCUT2D eigenvalue weighted by atomic mass is 10.2. The second kappa shape index (κ2) is 10.6. The highest BCUT2D eigenvalue weighted by molar-refractivity contribution is 8.00. The summed E-state index contributed by atoms with van der Waals surface area (Å²) >= 11 is 3.10. The van der Waals surface area contributed by atoms with Crippen LogP contribution in [0.25, 0.3) is 10.2 Å². The van der Waals surface area contributed by atoms with E-state index < -0.39 is 10.0 Å². The van der Waals surface area contributed by atoms with Gasteiger partial charge in [0.25, 0.3) is 5.91 Å². The van der Waals surface area contributed by atoms with Gasteiger partial charge in [-0.1, -0.05) is 11.8 Å². The van der Waals surface area contributed by atoms with Crippen LogP contribution >= 0.6 is 23.1 Å². The van der Waals surface area contributed by atoms with Gasteiger partial charge in [-0.2, -0.15) is 14.8 Å². The lowest BCUT2D eigenvalue weighted by Crippen LogP contribution is -2.32. The Labute approximate surface area is 194 Å². The lowest BCUT2D eigenvalue weighted by molar-refractivity contribution is 0.102. The summed E-state index contributed by atoms with van der Waals surface area (Å²) in [6.07, 6.45) is 2.00. The summed E-state index contributed by atoms with van der Waals surface area (Å²) in [5.74, 6) is -0.367. The molecule has 0 radical (unpaired) electrons. The second-order valence-corrected chi connectivity index (χ2v) is 10.6. The fourth-order valence-electron chi connectivity index (χ4n) is 2.90. The van der Waals surface area contributed by atoms with Crippen LogP contribution in [-0.2, 0) is 10.0 Å². The van der Waals surface area contributed by atoms with Crippen molar-refractivity contribution in [1.29, 1.82) is 10.5 Å². The van der Waals surface area contributed by atoms with Crippen LogP contribution in [0.4, 0.5) is 5.69 Å². The van der Waals surface area contributed by atoms with E-state index in [1.165, 1.54) is 24.3 Å². The molecule has 164 valence electrons. The van der Waals surface area contributed by atoms with Gasteiger partial charge in [-0.05, 0) is 48.7 Å². The average Bonchev–Trinajstić information content (AvgIpc) is 3.21. The van der Waals surface area contributed by atoms with Crippen molar-refractivity contribution in [3.8, 4) is 12.1 Å². The molecular formula is C21H19N5O3S3. The van der Waals surface area contributed by atoms with Gasteiger partial charge in [-0.15, -0.1) is 11.3 Å². The molecule has 1 aromatic heterocycles. The van der Waals surface area contributed by atoms with Crippen LogP contribution in [0.3, 0.4) is 0 Å². The van der Waals surface area contributed by atoms with E-state index in [0.717, 1.165) is 18.9 Å². The van der Waals surface area contributed by atoms with Gasteiger partial charge in [-0.25, -0.2) is 13.4 Å². The molecule has 1 heterocycles. The Hall–Kier alpha value is -2.96. The maximum atomic E-state index is 12.9. The molecule has 0 aliphatic rings. The molecule has 3 aromatic rings. The van der Waals surface area contributed by atoms with Crippen LogP contribution in [-0.4, -0.2) is 43.0 Å². The molecule has 0 aliphatic carbocycles. The van der Waals surface area contributed by atoms with Gasteiger partial charge in [-0.3, -0.25) is 4.79 Å². The monoisotopic (exact) mass is 485 g/mol. The molecule has 1 N–H and O–H groups in total. The first kappa shape index (κ1) is 23.7. The minimum atomic E-state index is -3.88. The van der Waals surface area contributed by atoms with Gasteiger partial charge in [0.1, 0.15) is 0 Å². The minimum Gasteiger partial charge on any atom is -0.322 e. The SMILES string of the molecule is CSc1nc2ccc(NC(=O)c3ccc(S(=O)(=O)N(CCC#N)CCC#N)cc3)cc2s1. The Kier molecular flexibility index (Phi) is 7.83. The molecule has 0 fully saturated rings. The molecule has 0 unspecified atom stereocenters. The normalized spacial score (nSPS) is 11.2. The number of nitrogens with one attached hydrogen (secondary N) is 1. The van der Waals surface area contributed by atoms with Gasteiger partial charge in [0.05, 0.1) is 27.3 Å². The Morgan fingerprint density at radius 1 is 1.12 bits per heavy atom. The highest BCUT2D eigenvalue weighted by Gasteiger charge is 2.24. The Balaban J connectivity index is 1.75. The molecule has 32 heavy (non-hydrogen) atoms. The number of amides is 1. The number of hydrogen-bond donors (Lipinski definition) is 1. The third kappa shape index (κ3) is 5.44. The standard InChI is InChI=1S/C21H19N5O3S3/c1-30-21-25-18-9-6-16(14-19(18)31-21)24-20(27)15-4-7-17(8-5-15)32(28,29)26(12-2-10-22)13-3-11-23/h4-9,14H,2-3,12-13H2,1H3,(H,24,27). The quantitative estimate of drug-likeness (QED) is 0.452. The number of anilines is 1. The number of nitriles is 2. The van der Waals surface area contributed by atoms with Crippen LogP contribution in [0.1, 0.15) is 23.2 Å². The number of aromatic nitrogens is 1. The number of rotatable bonds is 9. The van der Waals surface area contributed by atoms with E-state index in [1.54, 1.807) is 29.2 Å². The molecule has 0 saturated heterocycles. The maximum Gasteiger partial charge on any atom is 0.255 e. The van der Waals surface area contributed by atoms with Gasteiger partial charge >= 0.3 is 0 Å². The maximum absolute atomic E-state index is 12.9. The van der Waals surface area contributed by atoms with E-state index in [1.807, 2.05) is 30.5 Å². The summed E-state index contributed by atoms with van der Waals surface area (Å²) in [5, 5.41) is 20.4. The zero-order valence-electron chi connectivity index (χ0n) is 17.1. The van der Waals surface area contributed by atoms with Gasteiger partial charge in [0, 0.05) is 37.2 Å². The summed E-state index contributed by atoms with van der Waals surface area (Å²) in [7, 11) is -3.88. The first-order valence-corrected chi connectivity index (χ1v) is 13.0. The van der Waals surface area contributed by atoms with Crippen molar-refractivity contribution in [3.63, 3.8) is 0 Å². The number of thiazole rings is 1. The van der Waals surface area contributed by atoms with Crippen molar-refractivity contribution in [3.05, 3.63) is 48.0 Å². The Morgan fingerprint density at radius 2 is 1.78 bits per heavy atom. The first-order valence-electron chi connectivity index (χ1n) is 9.49. The number of nitrogens with zero attached hydrogens (tertiary/aromatic N) is 4. The fraction of sp³-hybridized carbons (Fsp3) is 0.238. The summed E-state index contributed by atoms with van der Waals surface area (Å²) in [5.41, 5.74) is 1.79. The number of carbonyl (C=O) groups is 1. The van der Waals surface area contributed by atoms with Crippen LogP contribution in [0.15, 0.2) is 51.7 Å². The summed E-state index contributed by atoms with van der Waals surface area (Å²) in [6, 6.07) is 14.9. The molecule has 2 aromatic carbocycles. The molecule has 0 spiro atoms. The molecular weight excluding hydrogens is 466 g/mol. The third-order valence-corrected chi connectivity index (χ3v) is 8.42. The molecule has 0 atom stereocenters. The smallest absolute Gasteiger partial charge is 0.255 e.